The van der Waals surface area contributed by atoms with E-state index < -0.39 is 0 Å². The van der Waals surface area contributed by atoms with E-state index >= 15 is 0 Å². The second kappa shape index (κ2) is 13.1. The summed E-state index contributed by atoms with van der Waals surface area (Å²) >= 11 is 0. The lowest BCUT2D eigenvalue weighted by atomic mass is 9.56. The number of Topliss-reactive ketones (excluding diaryl/α,β-unsaturated/α-hetero) is 1. The zero-order chi connectivity index (χ0) is 29.8. The van der Waals surface area contributed by atoms with E-state index in [4.69, 9.17) is 5.26 Å². The van der Waals surface area contributed by atoms with Crippen molar-refractivity contribution in [3.63, 3.8) is 0 Å². The largest absolute Gasteiger partial charge is 0.371 e. The highest BCUT2D eigenvalue weighted by atomic mass is 16.1. The molecule has 2 aliphatic heterocycles. The Morgan fingerprint density at radius 3 is 2.42 bits per heavy atom. The number of carbonyl (C=O) groups is 1. The number of imidazole rings is 1. The smallest absolute Gasteiger partial charge is 0.132 e. The first-order chi connectivity index (χ1) is 21.0. The van der Waals surface area contributed by atoms with Crippen molar-refractivity contribution in [3.8, 4) is 6.07 Å². The van der Waals surface area contributed by atoms with Gasteiger partial charge in [0.25, 0.3) is 0 Å². The molecule has 6 heteroatoms. The second-order valence-corrected chi connectivity index (χ2v) is 13.4. The maximum absolute atomic E-state index is 12.8. The van der Waals surface area contributed by atoms with Crippen LogP contribution in [-0.4, -0.2) is 53.0 Å². The van der Waals surface area contributed by atoms with Crippen molar-refractivity contribution in [2.45, 2.75) is 70.8 Å². The Kier molecular flexibility index (Phi) is 9.00. The van der Waals surface area contributed by atoms with Crippen molar-refractivity contribution < 1.29 is 4.79 Å². The minimum atomic E-state index is -0.0170. The highest BCUT2D eigenvalue weighted by Gasteiger charge is 2.52. The molecule has 1 aromatic heterocycles. The standard InChI is InChI=1S/C37H47N5O/c1-3-35(43)22-31-8-7-11-36(31)37(32-9-5-4-6-10-32,27-41-21-18-39-28(41)2)33-16-19-40(20-17-33)24-30-25-42(26-30)34-14-12-29(23-38)13-15-34/h4-6,9-10,12-15,18,21,30-31,33,36H,3,7-8,11,16-17,19-20,22,24-27H2,1-2H3/t31-,36+,37+/m1/s1. The molecule has 3 atom stereocenters. The molecule has 1 aliphatic carbocycles. The van der Waals surface area contributed by atoms with Gasteiger partial charge in [-0.25, -0.2) is 4.98 Å². The number of anilines is 1. The van der Waals surface area contributed by atoms with Crippen molar-refractivity contribution in [1.82, 2.24) is 14.5 Å². The van der Waals surface area contributed by atoms with E-state index in [0.717, 1.165) is 57.1 Å². The number of piperidine rings is 1. The molecule has 43 heavy (non-hydrogen) atoms. The fraction of sp³-hybridized carbons (Fsp3) is 0.541. The number of carbonyl (C=O) groups excluding carboxylic acids is 1. The third kappa shape index (κ3) is 6.15. The minimum Gasteiger partial charge on any atom is -0.371 e. The molecule has 2 saturated heterocycles. The van der Waals surface area contributed by atoms with E-state index in [-0.39, 0.29) is 5.41 Å². The molecule has 3 fully saturated rings. The van der Waals surface area contributed by atoms with Gasteiger partial charge in [0, 0.05) is 68.4 Å². The SMILES string of the molecule is CCC(=O)C[C@H]1CCC[C@@H]1[C@@](Cn1ccnc1C)(c1ccccc1)C1CCN(CC2CN(c3ccc(C#N)cc3)C2)CC1. The molecule has 0 unspecified atom stereocenters. The zero-order valence-electron chi connectivity index (χ0n) is 26.0. The lowest BCUT2D eigenvalue weighted by Crippen LogP contribution is -2.55. The maximum atomic E-state index is 12.8. The van der Waals surface area contributed by atoms with Gasteiger partial charge in [0.2, 0.25) is 0 Å². The molecule has 0 N–H and O–H groups in total. The number of nitrogens with zero attached hydrogens (tertiary/aromatic N) is 5. The van der Waals surface area contributed by atoms with Gasteiger partial charge in [-0.2, -0.15) is 5.26 Å². The number of ketones is 1. The van der Waals surface area contributed by atoms with Gasteiger partial charge in [-0.15, -0.1) is 0 Å². The van der Waals surface area contributed by atoms with Gasteiger partial charge in [-0.3, -0.25) is 4.79 Å². The number of rotatable bonds is 11. The summed E-state index contributed by atoms with van der Waals surface area (Å²) < 4.78 is 2.39. The van der Waals surface area contributed by atoms with Crippen LogP contribution in [0, 0.1) is 41.9 Å². The van der Waals surface area contributed by atoms with Crippen molar-refractivity contribution >= 4 is 11.5 Å². The van der Waals surface area contributed by atoms with E-state index in [2.05, 4.69) is 81.0 Å². The van der Waals surface area contributed by atoms with Crippen molar-refractivity contribution in [1.29, 1.82) is 5.26 Å². The third-order valence-corrected chi connectivity index (χ3v) is 11.0. The minimum absolute atomic E-state index is 0.0170. The van der Waals surface area contributed by atoms with Crippen LogP contribution in [0.3, 0.4) is 0 Å². The summed E-state index contributed by atoms with van der Waals surface area (Å²) in [5, 5.41) is 9.10. The van der Waals surface area contributed by atoms with Crippen LogP contribution in [0.4, 0.5) is 5.69 Å². The second-order valence-electron chi connectivity index (χ2n) is 13.4. The summed E-state index contributed by atoms with van der Waals surface area (Å²) in [6, 6.07) is 21.6. The Balaban J connectivity index is 1.20. The molecule has 0 bridgehead atoms. The molecule has 2 aromatic carbocycles. The number of nitriles is 1. The molecule has 3 heterocycles. The number of likely N-dealkylation sites (tertiary alicyclic amines) is 1. The van der Waals surface area contributed by atoms with E-state index in [1.54, 1.807) is 0 Å². The molecule has 3 aliphatic rings. The van der Waals surface area contributed by atoms with E-state index in [1.165, 1.54) is 43.4 Å². The van der Waals surface area contributed by atoms with Gasteiger partial charge in [-0.1, -0.05) is 43.7 Å². The monoisotopic (exact) mass is 577 g/mol. The van der Waals surface area contributed by atoms with Crippen LogP contribution < -0.4 is 4.90 Å². The summed E-state index contributed by atoms with van der Waals surface area (Å²) in [6.07, 6.45) is 11.5. The molecule has 0 radical (unpaired) electrons. The summed E-state index contributed by atoms with van der Waals surface area (Å²) in [7, 11) is 0. The lowest BCUT2D eigenvalue weighted by molar-refractivity contribution is -0.120. The fourth-order valence-electron chi connectivity index (χ4n) is 8.73. The Bertz CT molecular complexity index is 1390. The van der Waals surface area contributed by atoms with Gasteiger partial charge >= 0.3 is 0 Å². The van der Waals surface area contributed by atoms with Crippen molar-refractivity contribution in [2.24, 2.45) is 23.7 Å². The Hall–Kier alpha value is -3.43. The van der Waals surface area contributed by atoms with Gasteiger partial charge in [0.1, 0.15) is 11.6 Å². The first-order valence-electron chi connectivity index (χ1n) is 16.5. The fourth-order valence-corrected chi connectivity index (χ4v) is 8.73. The normalized spacial score (nSPS) is 23.0. The quantitative estimate of drug-likeness (QED) is 0.256. The first-order valence-corrected chi connectivity index (χ1v) is 16.5. The molecular weight excluding hydrogens is 530 g/mol. The van der Waals surface area contributed by atoms with E-state index in [1.807, 2.05) is 25.3 Å². The predicted molar refractivity (Wildman–Crippen MR) is 172 cm³/mol. The molecule has 6 nitrogen and oxygen atoms in total. The summed E-state index contributed by atoms with van der Waals surface area (Å²) in [6.45, 7) is 10.7. The average Bonchev–Trinajstić information content (AvgIpc) is 3.66. The lowest BCUT2D eigenvalue weighted by Gasteiger charge is -2.52. The van der Waals surface area contributed by atoms with Crippen LogP contribution in [0.15, 0.2) is 67.0 Å². The number of aryl methyl sites for hydroxylation is 1. The average molecular weight is 578 g/mol. The molecule has 3 aromatic rings. The van der Waals surface area contributed by atoms with Gasteiger partial charge in [0.15, 0.2) is 0 Å². The highest BCUT2D eigenvalue weighted by molar-refractivity contribution is 5.78. The van der Waals surface area contributed by atoms with Crippen LogP contribution in [0.2, 0.25) is 0 Å². The van der Waals surface area contributed by atoms with Gasteiger partial charge in [-0.05, 0) is 93.3 Å². The molecule has 226 valence electrons. The van der Waals surface area contributed by atoms with Crippen LogP contribution in [0.5, 0.6) is 0 Å². The summed E-state index contributed by atoms with van der Waals surface area (Å²) in [5.74, 6) is 3.71. The maximum Gasteiger partial charge on any atom is 0.132 e. The number of hydrogen-bond acceptors (Lipinski definition) is 5. The van der Waals surface area contributed by atoms with Crippen molar-refractivity contribution in [2.75, 3.05) is 37.6 Å². The van der Waals surface area contributed by atoms with Gasteiger partial charge in [0.05, 0.1) is 11.6 Å². The Labute approximate surface area is 257 Å². The van der Waals surface area contributed by atoms with E-state index in [0.29, 0.717) is 35.9 Å². The summed E-state index contributed by atoms with van der Waals surface area (Å²) in [5.41, 5.74) is 3.39. The van der Waals surface area contributed by atoms with Crippen LogP contribution in [0.25, 0.3) is 0 Å². The number of benzene rings is 2. The van der Waals surface area contributed by atoms with Crippen molar-refractivity contribution in [3.05, 3.63) is 83.9 Å². The van der Waals surface area contributed by atoms with Gasteiger partial charge < -0.3 is 14.4 Å². The number of hydrogen-bond donors (Lipinski definition) is 0. The predicted octanol–water partition coefficient (Wildman–Crippen LogP) is 6.64. The molecule has 0 amide bonds. The van der Waals surface area contributed by atoms with Crippen LogP contribution >= 0.6 is 0 Å². The molecular formula is C37H47N5O. The Morgan fingerprint density at radius 2 is 1.77 bits per heavy atom. The number of aromatic nitrogens is 2. The van der Waals surface area contributed by atoms with Crippen LogP contribution in [0.1, 0.15) is 68.8 Å². The Morgan fingerprint density at radius 1 is 1.02 bits per heavy atom. The topological polar surface area (TPSA) is 65.2 Å². The first kappa shape index (κ1) is 29.6. The third-order valence-electron chi connectivity index (χ3n) is 11.0. The molecule has 0 spiro atoms. The summed E-state index contributed by atoms with van der Waals surface area (Å²) in [4.78, 5) is 22.6. The van der Waals surface area contributed by atoms with E-state index in [9.17, 15) is 4.79 Å². The molecule has 6 rings (SSSR count). The zero-order valence-corrected chi connectivity index (χ0v) is 26.0. The molecule has 1 saturated carbocycles. The van der Waals surface area contributed by atoms with Crippen LogP contribution in [-0.2, 0) is 16.8 Å². The highest BCUT2D eigenvalue weighted by Crippen LogP contribution is 2.54.